The van der Waals surface area contributed by atoms with Crippen molar-refractivity contribution in [3.8, 4) is 0 Å². The van der Waals surface area contributed by atoms with Crippen molar-refractivity contribution in [2.75, 3.05) is 0 Å². The van der Waals surface area contributed by atoms with Crippen LogP contribution in [0.3, 0.4) is 0 Å². The van der Waals surface area contributed by atoms with Gasteiger partial charge in [0.1, 0.15) is 0 Å². The van der Waals surface area contributed by atoms with Gasteiger partial charge in [0, 0.05) is 9.65 Å². The molecule has 0 spiro atoms. The molecule has 0 aliphatic carbocycles. The number of hydrogen-bond acceptors (Lipinski definition) is 3. The van der Waals surface area contributed by atoms with E-state index in [-0.39, 0.29) is 18.3 Å². The van der Waals surface area contributed by atoms with E-state index in [9.17, 15) is 0 Å². The summed E-state index contributed by atoms with van der Waals surface area (Å²) in [7, 11) is -0.211. The summed E-state index contributed by atoms with van der Waals surface area (Å²) in [6, 6.07) is 0. The average Bonchev–Trinajstić information content (AvgIpc) is 2.69. The highest BCUT2D eigenvalue weighted by Crippen LogP contribution is 2.37. The molecular formula is C15H25BO2S. The normalized spacial score (nSPS) is 20.1. The minimum absolute atomic E-state index is 0.211. The molecule has 4 heteroatoms. The van der Waals surface area contributed by atoms with Crippen LogP contribution in [0, 0.1) is 20.8 Å². The Labute approximate surface area is 122 Å². The fraction of sp³-hybridized carbons (Fsp3) is 0.600. The summed E-state index contributed by atoms with van der Waals surface area (Å²) in [6.45, 7) is 20.8. The highest BCUT2D eigenvalue weighted by Gasteiger charge is 2.52. The Balaban J connectivity index is 0.000000861. The monoisotopic (exact) mass is 280 g/mol. The molecule has 0 aromatic carbocycles. The molecule has 0 saturated carbocycles. The Kier molecular flexibility index (Phi) is 4.71. The molecule has 1 aliphatic heterocycles. The second-order valence-electron chi connectivity index (χ2n) is 5.86. The molecule has 2 rings (SSSR count). The van der Waals surface area contributed by atoms with Crippen LogP contribution in [0.15, 0.2) is 13.2 Å². The first-order valence-electron chi connectivity index (χ1n) is 6.58. The SMILES string of the molecule is C=C.Cc1sc(B2OC(C)(C)C(C)(C)O2)c(C)c1C. The Hall–Kier alpha value is -0.575. The van der Waals surface area contributed by atoms with Crippen LogP contribution in [0.4, 0.5) is 0 Å². The van der Waals surface area contributed by atoms with Gasteiger partial charge in [0.2, 0.25) is 0 Å². The van der Waals surface area contributed by atoms with Gasteiger partial charge in [0.05, 0.1) is 11.2 Å². The summed E-state index contributed by atoms with van der Waals surface area (Å²) < 4.78 is 13.4. The molecule has 0 amide bonds. The predicted octanol–water partition coefficient (Wildman–Crippen LogP) is 3.77. The highest BCUT2D eigenvalue weighted by molar-refractivity contribution is 7.22. The number of hydrogen-bond donors (Lipinski definition) is 0. The summed E-state index contributed by atoms with van der Waals surface area (Å²) in [4.78, 5) is 1.35. The summed E-state index contributed by atoms with van der Waals surface area (Å²) in [5, 5.41) is 0. The molecule has 1 aliphatic rings. The quantitative estimate of drug-likeness (QED) is 0.576. The minimum Gasteiger partial charge on any atom is -0.399 e. The van der Waals surface area contributed by atoms with Gasteiger partial charge in [-0.2, -0.15) is 0 Å². The molecule has 0 atom stereocenters. The summed E-state index contributed by atoms with van der Waals surface area (Å²) >= 11 is 1.79. The van der Waals surface area contributed by atoms with Crippen LogP contribution < -0.4 is 4.78 Å². The van der Waals surface area contributed by atoms with E-state index < -0.39 is 0 Å². The van der Waals surface area contributed by atoms with Gasteiger partial charge >= 0.3 is 7.12 Å². The first-order chi connectivity index (χ1) is 8.66. The number of thiophene rings is 1. The molecule has 106 valence electrons. The Morgan fingerprint density at radius 3 is 1.63 bits per heavy atom. The molecule has 0 unspecified atom stereocenters. The van der Waals surface area contributed by atoms with Crippen LogP contribution in [-0.4, -0.2) is 18.3 Å². The standard InChI is InChI=1S/C13H21BO2S.C2H4/c1-8-9(2)11(17-10(8)3)14-15-12(4,5)13(6,7)16-14;1-2/h1-7H3;1-2H2. The molecule has 1 fully saturated rings. The maximum absolute atomic E-state index is 6.09. The van der Waals surface area contributed by atoms with Crippen molar-refractivity contribution in [3.05, 3.63) is 29.2 Å². The molecule has 0 radical (unpaired) electrons. The lowest BCUT2D eigenvalue weighted by molar-refractivity contribution is 0.00578. The third-order valence-electron chi connectivity index (χ3n) is 4.19. The van der Waals surface area contributed by atoms with Crippen LogP contribution in [0.25, 0.3) is 0 Å². The van der Waals surface area contributed by atoms with Crippen LogP contribution in [-0.2, 0) is 9.31 Å². The lowest BCUT2D eigenvalue weighted by Crippen LogP contribution is -2.41. The maximum atomic E-state index is 6.09. The van der Waals surface area contributed by atoms with E-state index in [1.54, 1.807) is 11.3 Å². The van der Waals surface area contributed by atoms with E-state index in [0.717, 1.165) is 0 Å². The topological polar surface area (TPSA) is 18.5 Å². The fourth-order valence-corrected chi connectivity index (χ4v) is 3.08. The average molecular weight is 280 g/mol. The van der Waals surface area contributed by atoms with E-state index in [4.69, 9.17) is 9.31 Å². The van der Waals surface area contributed by atoms with Gasteiger partial charge in [-0.05, 0) is 59.6 Å². The lowest BCUT2D eigenvalue weighted by Gasteiger charge is -2.32. The third-order valence-corrected chi connectivity index (χ3v) is 5.52. The van der Waals surface area contributed by atoms with Gasteiger partial charge in [0.25, 0.3) is 0 Å². The van der Waals surface area contributed by atoms with Crippen molar-refractivity contribution < 1.29 is 9.31 Å². The highest BCUT2D eigenvalue weighted by atomic mass is 32.1. The van der Waals surface area contributed by atoms with E-state index >= 15 is 0 Å². The van der Waals surface area contributed by atoms with E-state index in [1.807, 2.05) is 0 Å². The number of rotatable bonds is 1. The summed E-state index contributed by atoms with van der Waals surface area (Å²) in [5.74, 6) is 0. The smallest absolute Gasteiger partial charge is 0.399 e. The Bertz CT molecular complexity index is 447. The zero-order chi connectivity index (χ0) is 15.0. The van der Waals surface area contributed by atoms with Crippen molar-refractivity contribution in [1.29, 1.82) is 0 Å². The number of aryl methyl sites for hydroxylation is 1. The minimum atomic E-state index is -0.254. The second-order valence-corrected chi connectivity index (χ2v) is 7.12. The zero-order valence-electron chi connectivity index (χ0n) is 13.2. The van der Waals surface area contributed by atoms with Crippen LogP contribution >= 0.6 is 11.3 Å². The van der Waals surface area contributed by atoms with Crippen LogP contribution in [0.1, 0.15) is 43.7 Å². The molecule has 19 heavy (non-hydrogen) atoms. The van der Waals surface area contributed by atoms with Crippen molar-refractivity contribution >= 4 is 23.2 Å². The van der Waals surface area contributed by atoms with Crippen LogP contribution in [0.2, 0.25) is 0 Å². The van der Waals surface area contributed by atoms with Gasteiger partial charge in [-0.15, -0.1) is 24.5 Å². The van der Waals surface area contributed by atoms with Crippen molar-refractivity contribution in [2.45, 2.75) is 59.7 Å². The van der Waals surface area contributed by atoms with Crippen molar-refractivity contribution in [1.82, 2.24) is 0 Å². The van der Waals surface area contributed by atoms with Crippen molar-refractivity contribution in [3.63, 3.8) is 0 Å². The van der Waals surface area contributed by atoms with Crippen LogP contribution in [0.5, 0.6) is 0 Å². The Morgan fingerprint density at radius 1 is 0.895 bits per heavy atom. The Morgan fingerprint density at radius 2 is 1.32 bits per heavy atom. The molecule has 1 saturated heterocycles. The van der Waals surface area contributed by atoms with Gasteiger partial charge < -0.3 is 9.31 Å². The fourth-order valence-electron chi connectivity index (χ4n) is 1.94. The van der Waals surface area contributed by atoms with E-state index in [1.165, 1.54) is 20.8 Å². The molecule has 2 heterocycles. The van der Waals surface area contributed by atoms with Gasteiger partial charge in [-0.3, -0.25) is 0 Å². The first kappa shape index (κ1) is 16.5. The summed E-state index contributed by atoms with van der Waals surface area (Å²) in [6.07, 6.45) is 0. The zero-order valence-corrected chi connectivity index (χ0v) is 14.0. The van der Waals surface area contributed by atoms with Crippen molar-refractivity contribution in [2.24, 2.45) is 0 Å². The molecular weight excluding hydrogens is 255 g/mol. The molecule has 1 aromatic rings. The van der Waals surface area contributed by atoms with E-state index in [2.05, 4.69) is 61.6 Å². The van der Waals surface area contributed by atoms with Gasteiger partial charge in [-0.25, -0.2) is 0 Å². The predicted molar refractivity (Wildman–Crippen MR) is 85.5 cm³/mol. The summed E-state index contributed by atoms with van der Waals surface area (Å²) in [5.41, 5.74) is 2.16. The molecule has 0 N–H and O–H groups in total. The van der Waals surface area contributed by atoms with E-state index in [0.29, 0.717) is 0 Å². The lowest BCUT2D eigenvalue weighted by atomic mass is 9.84. The van der Waals surface area contributed by atoms with Gasteiger partial charge in [0.15, 0.2) is 0 Å². The largest absolute Gasteiger partial charge is 0.505 e. The second kappa shape index (κ2) is 5.43. The molecule has 0 bridgehead atoms. The third kappa shape index (κ3) is 2.81. The maximum Gasteiger partial charge on any atom is 0.505 e. The first-order valence-corrected chi connectivity index (χ1v) is 7.39. The molecule has 1 aromatic heterocycles. The van der Waals surface area contributed by atoms with Gasteiger partial charge in [-0.1, -0.05) is 0 Å². The molecule has 2 nitrogen and oxygen atoms in total.